The molecule has 3 heterocycles. The molecule has 0 saturated heterocycles. The van der Waals surface area contributed by atoms with Crippen LogP contribution in [0.3, 0.4) is 0 Å². The number of nitrogens with zero attached hydrogens (tertiary/aromatic N) is 1. The third-order valence-corrected chi connectivity index (χ3v) is 5.61. The average molecular weight is 310 g/mol. The van der Waals surface area contributed by atoms with Crippen molar-refractivity contribution < 1.29 is 17.4 Å². The number of sulfonamides is 1. The lowest BCUT2D eigenvalue weighted by Gasteiger charge is -2.01. The SMILES string of the molecule is O=S(=O)(NCc1ccon1)c1ccc(-c2ccoc2)s1. The molecular formula is C12H10N2O4S2. The molecule has 8 heteroatoms. The number of thiophene rings is 1. The van der Waals surface area contributed by atoms with Gasteiger partial charge in [0.15, 0.2) is 0 Å². The molecule has 0 amide bonds. The zero-order chi connectivity index (χ0) is 14.0. The summed E-state index contributed by atoms with van der Waals surface area (Å²) < 4.78 is 36.6. The molecule has 0 aliphatic heterocycles. The van der Waals surface area contributed by atoms with Gasteiger partial charge in [-0.2, -0.15) is 0 Å². The fourth-order valence-corrected chi connectivity index (χ4v) is 3.93. The van der Waals surface area contributed by atoms with Gasteiger partial charge in [0.2, 0.25) is 10.0 Å². The highest BCUT2D eigenvalue weighted by atomic mass is 32.2. The van der Waals surface area contributed by atoms with Crippen LogP contribution in [0.15, 0.2) is 56.2 Å². The summed E-state index contributed by atoms with van der Waals surface area (Å²) >= 11 is 1.18. The van der Waals surface area contributed by atoms with Crippen LogP contribution in [0.25, 0.3) is 10.4 Å². The van der Waals surface area contributed by atoms with Crippen molar-refractivity contribution in [2.45, 2.75) is 10.8 Å². The first-order valence-corrected chi connectivity index (χ1v) is 7.96. The number of rotatable bonds is 5. The molecule has 0 bridgehead atoms. The molecule has 1 N–H and O–H groups in total. The number of aromatic nitrogens is 1. The summed E-state index contributed by atoms with van der Waals surface area (Å²) in [7, 11) is -3.55. The van der Waals surface area contributed by atoms with Gasteiger partial charge >= 0.3 is 0 Å². The molecule has 0 fully saturated rings. The molecule has 0 unspecified atom stereocenters. The summed E-state index contributed by atoms with van der Waals surface area (Å²) in [5, 5.41) is 3.65. The second-order valence-corrected chi connectivity index (χ2v) is 7.02. The van der Waals surface area contributed by atoms with Crippen LogP contribution in [0.1, 0.15) is 5.69 Å². The summed E-state index contributed by atoms with van der Waals surface area (Å²) in [5.74, 6) is 0. The van der Waals surface area contributed by atoms with Crippen molar-refractivity contribution in [2.24, 2.45) is 0 Å². The van der Waals surface area contributed by atoms with E-state index in [0.29, 0.717) is 5.69 Å². The van der Waals surface area contributed by atoms with Gasteiger partial charge in [0.1, 0.15) is 10.5 Å². The highest BCUT2D eigenvalue weighted by Crippen LogP contribution is 2.30. The van der Waals surface area contributed by atoms with Crippen LogP contribution in [0.5, 0.6) is 0 Å². The highest BCUT2D eigenvalue weighted by Gasteiger charge is 2.17. The Balaban J connectivity index is 1.78. The summed E-state index contributed by atoms with van der Waals surface area (Å²) in [4.78, 5) is 0.834. The number of hydrogen-bond donors (Lipinski definition) is 1. The van der Waals surface area contributed by atoms with Gasteiger partial charge in [-0.3, -0.25) is 0 Å². The van der Waals surface area contributed by atoms with Crippen molar-refractivity contribution >= 4 is 21.4 Å². The highest BCUT2D eigenvalue weighted by molar-refractivity contribution is 7.91. The van der Waals surface area contributed by atoms with Gasteiger partial charge in [-0.05, 0) is 18.2 Å². The molecule has 0 aromatic carbocycles. The summed E-state index contributed by atoms with van der Waals surface area (Å²) in [6.45, 7) is 0.0950. The van der Waals surface area contributed by atoms with E-state index in [2.05, 4.69) is 14.4 Å². The van der Waals surface area contributed by atoms with E-state index in [0.717, 1.165) is 10.4 Å². The monoisotopic (exact) mass is 310 g/mol. The molecule has 20 heavy (non-hydrogen) atoms. The summed E-state index contributed by atoms with van der Waals surface area (Å²) in [5.41, 5.74) is 1.38. The Morgan fingerprint density at radius 3 is 2.80 bits per heavy atom. The third-order valence-electron chi connectivity index (χ3n) is 2.59. The van der Waals surface area contributed by atoms with Gasteiger partial charge < -0.3 is 8.94 Å². The maximum absolute atomic E-state index is 12.1. The van der Waals surface area contributed by atoms with Crippen molar-refractivity contribution in [3.8, 4) is 10.4 Å². The lowest BCUT2D eigenvalue weighted by atomic mass is 10.3. The second kappa shape index (κ2) is 5.23. The first kappa shape index (κ1) is 13.1. The molecule has 3 aromatic heterocycles. The van der Waals surface area contributed by atoms with E-state index < -0.39 is 10.0 Å². The second-order valence-electron chi connectivity index (χ2n) is 3.95. The Bertz CT molecular complexity index is 773. The van der Waals surface area contributed by atoms with Crippen LogP contribution in [0, 0.1) is 0 Å². The van der Waals surface area contributed by atoms with Crippen LogP contribution in [-0.2, 0) is 16.6 Å². The topological polar surface area (TPSA) is 85.3 Å². The Hall–Kier alpha value is -1.90. The quantitative estimate of drug-likeness (QED) is 0.782. The molecule has 3 aromatic rings. The minimum absolute atomic E-state index is 0.0950. The van der Waals surface area contributed by atoms with Crippen molar-refractivity contribution in [1.82, 2.24) is 9.88 Å². The zero-order valence-corrected chi connectivity index (χ0v) is 11.8. The first-order chi connectivity index (χ1) is 9.65. The van der Waals surface area contributed by atoms with Crippen molar-refractivity contribution in [1.29, 1.82) is 0 Å². The van der Waals surface area contributed by atoms with E-state index in [1.807, 2.05) is 0 Å². The molecule has 0 spiro atoms. The normalized spacial score (nSPS) is 11.8. The summed E-state index contributed by atoms with van der Waals surface area (Å²) in [6, 6.07) is 6.71. The van der Waals surface area contributed by atoms with E-state index in [4.69, 9.17) is 4.42 Å². The van der Waals surface area contributed by atoms with Crippen LogP contribution < -0.4 is 4.72 Å². The molecular weight excluding hydrogens is 300 g/mol. The molecule has 0 radical (unpaired) electrons. The Morgan fingerprint density at radius 1 is 1.20 bits per heavy atom. The van der Waals surface area contributed by atoms with Crippen molar-refractivity contribution in [2.75, 3.05) is 0 Å². The predicted octanol–water partition coefficient (Wildman–Crippen LogP) is 2.47. The molecule has 0 aliphatic rings. The standard InChI is InChI=1S/C12H10N2O4S2/c15-20(16,13-7-10-4-6-18-14-10)12-2-1-11(19-12)9-3-5-17-8-9/h1-6,8,13H,7H2. The van der Waals surface area contributed by atoms with Crippen LogP contribution in [0.4, 0.5) is 0 Å². The minimum atomic E-state index is -3.55. The van der Waals surface area contributed by atoms with Gasteiger partial charge in [-0.15, -0.1) is 11.3 Å². The lowest BCUT2D eigenvalue weighted by Crippen LogP contribution is -2.22. The van der Waals surface area contributed by atoms with Crippen LogP contribution in [0.2, 0.25) is 0 Å². The van der Waals surface area contributed by atoms with Crippen LogP contribution >= 0.6 is 11.3 Å². The van der Waals surface area contributed by atoms with Crippen LogP contribution in [-0.4, -0.2) is 13.6 Å². The molecule has 0 atom stereocenters. The maximum atomic E-state index is 12.1. The van der Waals surface area contributed by atoms with E-state index >= 15 is 0 Å². The van der Waals surface area contributed by atoms with Gasteiger partial charge in [0.25, 0.3) is 0 Å². The fourth-order valence-electron chi connectivity index (χ4n) is 1.59. The van der Waals surface area contributed by atoms with E-state index in [1.54, 1.807) is 36.8 Å². The van der Waals surface area contributed by atoms with Crippen molar-refractivity contribution in [3.05, 3.63) is 48.7 Å². The number of nitrogens with one attached hydrogen (secondary N) is 1. The van der Waals surface area contributed by atoms with Gasteiger partial charge in [0.05, 0.1) is 24.8 Å². The molecule has 3 rings (SSSR count). The lowest BCUT2D eigenvalue weighted by molar-refractivity contribution is 0.411. The minimum Gasteiger partial charge on any atom is -0.472 e. The molecule has 104 valence electrons. The average Bonchev–Trinajstić information content (AvgIpc) is 3.16. The smallest absolute Gasteiger partial charge is 0.250 e. The van der Waals surface area contributed by atoms with E-state index in [-0.39, 0.29) is 10.8 Å². The van der Waals surface area contributed by atoms with E-state index in [9.17, 15) is 8.42 Å². The fraction of sp³-hybridized carbons (Fsp3) is 0.0833. The van der Waals surface area contributed by atoms with Gasteiger partial charge in [0, 0.05) is 16.5 Å². The first-order valence-electron chi connectivity index (χ1n) is 5.66. The third kappa shape index (κ3) is 2.67. The van der Waals surface area contributed by atoms with E-state index in [1.165, 1.54) is 17.6 Å². The number of hydrogen-bond acceptors (Lipinski definition) is 6. The Kier molecular flexibility index (Phi) is 3.43. The maximum Gasteiger partial charge on any atom is 0.250 e. The molecule has 0 saturated carbocycles. The zero-order valence-electron chi connectivity index (χ0n) is 10.1. The predicted molar refractivity (Wildman–Crippen MR) is 72.5 cm³/mol. The largest absolute Gasteiger partial charge is 0.472 e. The Labute approximate surface area is 119 Å². The van der Waals surface area contributed by atoms with Crippen molar-refractivity contribution in [3.63, 3.8) is 0 Å². The Morgan fingerprint density at radius 2 is 2.10 bits per heavy atom. The van der Waals surface area contributed by atoms with Gasteiger partial charge in [-0.25, -0.2) is 13.1 Å². The molecule has 0 aliphatic carbocycles. The number of furan rings is 1. The summed E-state index contributed by atoms with van der Waals surface area (Å²) in [6.07, 6.45) is 4.52. The van der Waals surface area contributed by atoms with Gasteiger partial charge in [-0.1, -0.05) is 5.16 Å². The molecule has 6 nitrogen and oxygen atoms in total.